The molecule has 0 aromatic heterocycles. The van der Waals surface area contributed by atoms with Gasteiger partial charge in [-0.2, -0.15) is 0 Å². The topological polar surface area (TPSA) is 44.5 Å². The minimum absolute atomic E-state index is 0.104. The Bertz CT molecular complexity index is 271. The van der Waals surface area contributed by atoms with Crippen molar-refractivity contribution < 1.29 is 13.9 Å². The minimum Gasteiger partial charge on any atom is -0.486 e. The molecule has 0 aliphatic carbocycles. The summed E-state index contributed by atoms with van der Waals surface area (Å²) in [6.07, 6.45) is 0. The monoisotopic (exact) mass is 199 g/mol. The summed E-state index contributed by atoms with van der Waals surface area (Å²) >= 11 is 0. The van der Waals surface area contributed by atoms with Crippen molar-refractivity contribution in [1.29, 1.82) is 0 Å². The molecule has 1 rings (SSSR count). The van der Waals surface area contributed by atoms with Crippen LogP contribution in [-0.2, 0) is 4.74 Å². The largest absolute Gasteiger partial charge is 0.486 e. The van der Waals surface area contributed by atoms with Crippen molar-refractivity contribution in [3.63, 3.8) is 0 Å². The van der Waals surface area contributed by atoms with Gasteiger partial charge in [0.15, 0.2) is 11.6 Å². The van der Waals surface area contributed by atoms with E-state index in [1.807, 2.05) is 6.92 Å². The summed E-state index contributed by atoms with van der Waals surface area (Å²) in [7, 11) is 0. The van der Waals surface area contributed by atoms with E-state index in [2.05, 4.69) is 0 Å². The molecule has 0 heterocycles. The molecule has 14 heavy (non-hydrogen) atoms. The van der Waals surface area contributed by atoms with Gasteiger partial charge in [0.05, 0.1) is 12.3 Å². The zero-order valence-corrected chi connectivity index (χ0v) is 8.13. The molecule has 4 heteroatoms. The van der Waals surface area contributed by atoms with E-state index in [0.29, 0.717) is 25.5 Å². The maximum Gasteiger partial charge on any atom is 0.177 e. The van der Waals surface area contributed by atoms with Crippen LogP contribution >= 0.6 is 0 Å². The predicted octanol–water partition coefficient (Wildman–Crippen LogP) is 1.82. The van der Waals surface area contributed by atoms with Crippen LogP contribution in [0.5, 0.6) is 5.75 Å². The summed E-state index contributed by atoms with van der Waals surface area (Å²) in [5.41, 5.74) is 5.84. The molecule has 0 saturated heterocycles. The highest BCUT2D eigenvalue weighted by Gasteiger charge is 2.06. The average Bonchev–Trinajstić information content (AvgIpc) is 2.16. The predicted molar refractivity (Wildman–Crippen MR) is 52.8 cm³/mol. The third-order valence-corrected chi connectivity index (χ3v) is 1.68. The van der Waals surface area contributed by atoms with Crippen molar-refractivity contribution in [1.82, 2.24) is 0 Å². The van der Waals surface area contributed by atoms with Gasteiger partial charge >= 0.3 is 0 Å². The van der Waals surface area contributed by atoms with Crippen LogP contribution in [0.3, 0.4) is 0 Å². The van der Waals surface area contributed by atoms with Crippen molar-refractivity contribution in [2.45, 2.75) is 6.92 Å². The standard InChI is InChI=1S/C10H14FNO2/c1-2-13-6-7-14-10-8(11)4-3-5-9(10)12/h3-5H,2,6-7,12H2,1H3. The molecule has 0 bridgehead atoms. The van der Waals surface area contributed by atoms with Gasteiger partial charge in [-0.05, 0) is 19.1 Å². The molecule has 2 N–H and O–H groups in total. The van der Waals surface area contributed by atoms with E-state index in [0.717, 1.165) is 0 Å². The normalized spacial score (nSPS) is 10.1. The number of rotatable bonds is 5. The first kappa shape index (κ1) is 10.8. The fraction of sp³-hybridized carbons (Fsp3) is 0.400. The van der Waals surface area contributed by atoms with Crippen LogP contribution in [0, 0.1) is 5.82 Å². The number of nitrogens with two attached hydrogens (primary N) is 1. The summed E-state index contributed by atoms with van der Waals surface area (Å²) in [6, 6.07) is 4.45. The molecule has 0 amide bonds. The number of halogens is 1. The van der Waals surface area contributed by atoms with Crippen LogP contribution < -0.4 is 10.5 Å². The van der Waals surface area contributed by atoms with E-state index in [1.54, 1.807) is 12.1 Å². The van der Waals surface area contributed by atoms with Crippen molar-refractivity contribution in [3.8, 4) is 5.75 Å². The van der Waals surface area contributed by atoms with E-state index >= 15 is 0 Å². The number of anilines is 1. The molecule has 0 aliphatic rings. The Labute approximate surface area is 82.6 Å². The van der Waals surface area contributed by atoms with Crippen LogP contribution in [0.1, 0.15) is 6.92 Å². The highest BCUT2D eigenvalue weighted by molar-refractivity contribution is 5.52. The van der Waals surface area contributed by atoms with Crippen molar-refractivity contribution in [3.05, 3.63) is 24.0 Å². The zero-order valence-electron chi connectivity index (χ0n) is 8.13. The van der Waals surface area contributed by atoms with Crippen LogP contribution in [-0.4, -0.2) is 19.8 Å². The third kappa shape index (κ3) is 2.88. The molecule has 3 nitrogen and oxygen atoms in total. The highest BCUT2D eigenvalue weighted by atomic mass is 19.1. The number of benzene rings is 1. The number of hydrogen-bond donors (Lipinski definition) is 1. The Morgan fingerprint density at radius 3 is 2.79 bits per heavy atom. The lowest BCUT2D eigenvalue weighted by molar-refractivity contribution is 0.109. The summed E-state index contributed by atoms with van der Waals surface area (Å²) in [5, 5.41) is 0. The quantitative estimate of drug-likeness (QED) is 0.581. The SMILES string of the molecule is CCOCCOc1c(N)cccc1F. The van der Waals surface area contributed by atoms with Crippen molar-refractivity contribution in [2.24, 2.45) is 0 Å². The number of ether oxygens (including phenoxy) is 2. The van der Waals surface area contributed by atoms with Gasteiger partial charge in [0.25, 0.3) is 0 Å². The second-order valence-electron chi connectivity index (χ2n) is 2.70. The Kier molecular flexibility index (Phi) is 4.19. The highest BCUT2D eigenvalue weighted by Crippen LogP contribution is 2.24. The Morgan fingerprint density at radius 2 is 2.14 bits per heavy atom. The van der Waals surface area contributed by atoms with E-state index in [4.69, 9.17) is 15.2 Å². The van der Waals surface area contributed by atoms with Gasteiger partial charge in [-0.1, -0.05) is 6.07 Å². The molecular weight excluding hydrogens is 185 g/mol. The number of hydrogen-bond acceptors (Lipinski definition) is 3. The molecule has 0 radical (unpaired) electrons. The van der Waals surface area contributed by atoms with Gasteiger partial charge in [-0.3, -0.25) is 0 Å². The second-order valence-corrected chi connectivity index (χ2v) is 2.70. The maximum absolute atomic E-state index is 13.1. The molecule has 0 spiro atoms. The van der Waals surface area contributed by atoms with E-state index < -0.39 is 5.82 Å². The summed E-state index contributed by atoms with van der Waals surface area (Å²) in [5.74, 6) is -0.339. The Balaban J connectivity index is 2.49. The Morgan fingerprint density at radius 1 is 1.36 bits per heavy atom. The first-order valence-electron chi connectivity index (χ1n) is 4.50. The van der Waals surface area contributed by atoms with E-state index in [-0.39, 0.29) is 5.75 Å². The van der Waals surface area contributed by atoms with Gasteiger partial charge in [0.1, 0.15) is 6.61 Å². The third-order valence-electron chi connectivity index (χ3n) is 1.68. The molecule has 0 unspecified atom stereocenters. The summed E-state index contributed by atoms with van der Waals surface area (Å²) in [6.45, 7) is 3.25. The number of para-hydroxylation sites is 1. The van der Waals surface area contributed by atoms with Gasteiger partial charge < -0.3 is 15.2 Å². The van der Waals surface area contributed by atoms with Gasteiger partial charge in [0, 0.05) is 6.61 Å². The minimum atomic E-state index is -0.443. The molecule has 0 saturated carbocycles. The molecule has 0 aliphatic heterocycles. The maximum atomic E-state index is 13.1. The molecule has 0 fully saturated rings. The van der Waals surface area contributed by atoms with Crippen LogP contribution in [0.2, 0.25) is 0 Å². The first-order chi connectivity index (χ1) is 6.75. The first-order valence-corrected chi connectivity index (χ1v) is 4.50. The lowest BCUT2D eigenvalue weighted by Crippen LogP contribution is -2.08. The van der Waals surface area contributed by atoms with Crippen molar-refractivity contribution >= 4 is 5.69 Å². The molecule has 1 aromatic carbocycles. The van der Waals surface area contributed by atoms with Crippen LogP contribution in [0.25, 0.3) is 0 Å². The van der Waals surface area contributed by atoms with Crippen LogP contribution in [0.15, 0.2) is 18.2 Å². The lowest BCUT2D eigenvalue weighted by atomic mass is 10.3. The molecule has 78 valence electrons. The number of nitrogen functional groups attached to an aromatic ring is 1. The van der Waals surface area contributed by atoms with Crippen LogP contribution in [0.4, 0.5) is 10.1 Å². The fourth-order valence-corrected chi connectivity index (χ4v) is 1.02. The summed E-state index contributed by atoms with van der Waals surface area (Å²) < 4.78 is 23.3. The average molecular weight is 199 g/mol. The van der Waals surface area contributed by atoms with E-state index in [1.165, 1.54) is 6.07 Å². The van der Waals surface area contributed by atoms with Crippen molar-refractivity contribution in [2.75, 3.05) is 25.6 Å². The summed E-state index contributed by atoms with van der Waals surface area (Å²) in [4.78, 5) is 0. The fourth-order valence-electron chi connectivity index (χ4n) is 1.02. The smallest absolute Gasteiger partial charge is 0.177 e. The van der Waals surface area contributed by atoms with E-state index in [9.17, 15) is 4.39 Å². The lowest BCUT2D eigenvalue weighted by Gasteiger charge is -2.09. The molecule has 0 atom stereocenters. The van der Waals surface area contributed by atoms with Gasteiger partial charge in [-0.25, -0.2) is 4.39 Å². The molecular formula is C10H14FNO2. The molecule has 1 aromatic rings. The Hall–Kier alpha value is -1.29. The second kappa shape index (κ2) is 5.44. The van der Waals surface area contributed by atoms with Gasteiger partial charge in [-0.15, -0.1) is 0 Å². The van der Waals surface area contributed by atoms with Gasteiger partial charge in [0.2, 0.25) is 0 Å². The zero-order chi connectivity index (χ0) is 10.4.